The Labute approximate surface area is 96.4 Å². The number of rotatable bonds is 3. The molecule has 0 amide bonds. The van der Waals surface area contributed by atoms with Crippen LogP contribution in [-0.4, -0.2) is 24.9 Å². The van der Waals surface area contributed by atoms with E-state index in [1.165, 1.54) is 11.1 Å². The van der Waals surface area contributed by atoms with Gasteiger partial charge in [-0.2, -0.15) is 0 Å². The molecule has 16 heavy (non-hydrogen) atoms. The molecule has 0 radical (unpaired) electrons. The summed E-state index contributed by atoms with van der Waals surface area (Å²) < 4.78 is 5.79. The van der Waals surface area contributed by atoms with Crippen LogP contribution in [0.5, 0.6) is 5.75 Å². The molecule has 2 N–H and O–H groups in total. The van der Waals surface area contributed by atoms with Gasteiger partial charge in [0.05, 0.1) is 13.2 Å². The predicted molar refractivity (Wildman–Crippen MR) is 63.7 cm³/mol. The summed E-state index contributed by atoms with van der Waals surface area (Å²) >= 11 is 0. The first-order valence-corrected chi connectivity index (χ1v) is 5.89. The first-order valence-electron chi connectivity index (χ1n) is 5.89. The number of aryl methyl sites for hydroxylation is 1. The molecule has 0 aliphatic carbocycles. The first-order chi connectivity index (χ1) is 7.83. The summed E-state index contributed by atoms with van der Waals surface area (Å²) in [5.41, 5.74) is 2.42. The fourth-order valence-electron chi connectivity index (χ4n) is 2.21. The van der Waals surface area contributed by atoms with Gasteiger partial charge in [-0.15, -0.1) is 0 Å². The number of aliphatic hydroxyl groups is 1. The van der Waals surface area contributed by atoms with Crippen molar-refractivity contribution in [1.29, 1.82) is 0 Å². The molecule has 3 nitrogen and oxygen atoms in total. The molecule has 0 spiro atoms. The molecule has 0 aromatic heterocycles. The SMILES string of the molecule is Cc1cccc2c1OCCCC2NCCO. The minimum Gasteiger partial charge on any atom is -0.493 e. The first kappa shape index (κ1) is 11.4. The van der Waals surface area contributed by atoms with Crippen molar-refractivity contribution in [2.24, 2.45) is 0 Å². The van der Waals surface area contributed by atoms with Crippen molar-refractivity contribution in [2.75, 3.05) is 19.8 Å². The molecule has 1 unspecified atom stereocenters. The van der Waals surface area contributed by atoms with Crippen LogP contribution in [0.1, 0.15) is 30.0 Å². The average molecular weight is 221 g/mol. The van der Waals surface area contributed by atoms with Crippen LogP contribution in [0, 0.1) is 6.92 Å². The number of hydrogen-bond acceptors (Lipinski definition) is 3. The lowest BCUT2D eigenvalue weighted by Gasteiger charge is -2.18. The third-order valence-electron chi connectivity index (χ3n) is 3.00. The van der Waals surface area contributed by atoms with E-state index in [2.05, 4.69) is 30.4 Å². The summed E-state index contributed by atoms with van der Waals surface area (Å²) in [6.45, 7) is 3.68. The van der Waals surface area contributed by atoms with Crippen molar-refractivity contribution in [1.82, 2.24) is 5.32 Å². The molecule has 1 aromatic rings. The van der Waals surface area contributed by atoms with E-state index in [0.29, 0.717) is 12.6 Å². The molecule has 88 valence electrons. The molecule has 1 heterocycles. The van der Waals surface area contributed by atoms with Crippen molar-refractivity contribution in [3.8, 4) is 5.75 Å². The van der Waals surface area contributed by atoms with Crippen LogP contribution >= 0.6 is 0 Å². The van der Waals surface area contributed by atoms with Crippen LogP contribution in [-0.2, 0) is 0 Å². The summed E-state index contributed by atoms with van der Waals surface area (Å²) in [4.78, 5) is 0. The van der Waals surface area contributed by atoms with Gasteiger partial charge in [0.15, 0.2) is 0 Å². The van der Waals surface area contributed by atoms with Crippen molar-refractivity contribution >= 4 is 0 Å². The molecular weight excluding hydrogens is 202 g/mol. The Hall–Kier alpha value is -1.06. The number of fused-ring (bicyclic) bond motifs is 1. The van der Waals surface area contributed by atoms with Gasteiger partial charge in [0, 0.05) is 18.2 Å². The van der Waals surface area contributed by atoms with E-state index >= 15 is 0 Å². The maximum absolute atomic E-state index is 8.88. The third-order valence-corrected chi connectivity index (χ3v) is 3.00. The van der Waals surface area contributed by atoms with Crippen LogP contribution in [0.2, 0.25) is 0 Å². The van der Waals surface area contributed by atoms with E-state index in [1.807, 2.05) is 0 Å². The largest absolute Gasteiger partial charge is 0.493 e. The van der Waals surface area contributed by atoms with Gasteiger partial charge < -0.3 is 15.2 Å². The molecule has 3 heteroatoms. The fourth-order valence-corrected chi connectivity index (χ4v) is 2.21. The molecular formula is C13H19NO2. The van der Waals surface area contributed by atoms with E-state index < -0.39 is 0 Å². The normalized spacial score (nSPS) is 19.8. The van der Waals surface area contributed by atoms with Crippen molar-refractivity contribution in [3.05, 3.63) is 29.3 Å². The highest BCUT2D eigenvalue weighted by molar-refractivity contribution is 5.43. The maximum atomic E-state index is 8.88. The summed E-state index contributed by atoms with van der Waals surface area (Å²) in [6, 6.07) is 6.57. The van der Waals surface area contributed by atoms with E-state index in [1.54, 1.807) is 0 Å². The van der Waals surface area contributed by atoms with Gasteiger partial charge in [-0.05, 0) is 25.3 Å². The second-order valence-corrected chi connectivity index (χ2v) is 4.21. The Balaban J connectivity index is 2.26. The van der Waals surface area contributed by atoms with Gasteiger partial charge in [-0.1, -0.05) is 18.2 Å². The van der Waals surface area contributed by atoms with Gasteiger partial charge in [0.2, 0.25) is 0 Å². The molecule has 2 rings (SSSR count). The van der Waals surface area contributed by atoms with Gasteiger partial charge in [0.25, 0.3) is 0 Å². The van der Waals surface area contributed by atoms with Crippen molar-refractivity contribution in [3.63, 3.8) is 0 Å². The number of aliphatic hydroxyl groups excluding tert-OH is 1. The molecule has 1 aromatic carbocycles. The van der Waals surface area contributed by atoms with Crippen LogP contribution in [0.25, 0.3) is 0 Å². The number of hydrogen-bond donors (Lipinski definition) is 2. The van der Waals surface area contributed by atoms with Gasteiger partial charge in [-0.3, -0.25) is 0 Å². The summed E-state index contributed by atoms with van der Waals surface area (Å²) in [7, 11) is 0. The monoisotopic (exact) mass is 221 g/mol. The zero-order chi connectivity index (χ0) is 11.4. The van der Waals surface area contributed by atoms with Gasteiger partial charge >= 0.3 is 0 Å². The number of para-hydroxylation sites is 1. The summed E-state index contributed by atoms with van der Waals surface area (Å²) in [5, 5.41) is 12.2. The number of benzene rings is 1. The molecule has 0 saturated heterocycles. The van der Waals surface area contributed by atoms with E-state index in [0.717, 1.165) is 25.2 Å². The van der Waals surface area contributed by atoms with Crippen molar-refractivity contribution in [2.45, 2.75) is 25.8 Å². The fraction of sp³-hybridized carbons (Fsp3) is 0.538. The van der Waals surface area contributed by atoms with E-state index in [-0.39, 0.29) is 6.61 Å². The van der Waals surface area contributed by atoms with E-state index in [9.17, 15) is 0 Å². The molecule has 0 saturated carbocycles. The highest BCUT2D eigenvalue weighted by Crippen LogP contribution is 2.33. The second-order valence-electron chi connectivity index (χ2n) is 4.21. The van der Waals surface area contributed by atoms with Gasteiger partial charge in [-0.25, -0.2) is 0 Å². The Morgan fingerprint density at radius 1 is 1.50 bits per heavy atom. The highest BCUT2D eigenvalue weighted by atomic mass is 16.5. The Kier molecular flexibility index (Phi) is 3.80. The molecule has 1 atom stereocenters. The molecule has 0 fully saturated rings. The standard InChI is InChI=1S/C13H19NO2/c1-10-4-2-5-11-12(14-7-8-15)6-3-9-16-13(10)11/h2,4-5,12,14-15H,3,6-9H2,1H3. The minimum atomic E-state index is 0.179. The molecule has 0 bridgehead atoms. The topological polar surface area (TPSA) is 41.5 Å². The number of nitrogens with one attached hydrogen (secondary N) is 1. The Bertz CT molecular complexity index is 352. The zero-order valence-electron chi connectivity index (χ0n) is 9.70. The lowest BCUT2D eigenvalue weighted by atomic mass is 10.00. The predicted octanol–water partition coefficient (Wildman–Crippen LogP) is 1.79. The highest BCUT2D eigenvalue weighted by Gasteiger charge is 2.19. The second kappa shape index (κ2) is 5.32. The lowest BCUT2D eigenvalue weighted by Crippen LogP contribution is -2.24. The van der Waals surface area contributed by atoms with Crippen LogP contribution in [0.4, 0.5) is 0 Å². The van der Waals surface area contributed by atoms with Crippen LogP contribution in [0.15, 0.2) is 18.2 Å². The Morgan fingerprint density at radius 2 is 2.38 bits per heavy atom. The van der Waals surface area contributed by atoms with Crippen LogP contribution in [0.3, 0.4) is 0 Å². The molecule has 1 aliphatic rings. The van der Waals surface area contributed by atoms with Crippen LogP contribution < -0.4 is 10.1 Å². The summed E-state index contributed by atoms with van der Waals surface area (Å²) in [6.07, 6.45) is 2.12. The van der Waals surface area contributed by atoms with Crippen molar-refractivity contribution < 1.29 is 9.84 Å². The average Bonchev–Trinajstić information content (AvgIpc) is 2.50. The van der Waals surface area contributed by atoms with Gasteiger partial charge in [0.1, 0.15) is 5.75 Å². The lowest BCUT2D eigenvalue weighted by molar-refractivity contribution is 0.281. The quantitative estimate of drug-likeness (QED) is 0.817. The third kappa shape index (κ3) is 2.36. The maximum Gasteiger partial charge on any atom is 0.126 e. The van der Waals surface area contributed by atoms with E-state index in [4.69, 9.17) is 9.84 Å². The zero-order valence-corrected chi connectivity index (χ0v) is 9.70. The minimum absolute atomic E-state index is 0.179. The summed E-state index contributed by atoms with van der Waals surface area (Å²) in [5.74, 6) is 1.02. The Morgan fingerprint density at radius 3 is 3.19 bits per heavy atom. The smallest absolute Gasteiger partial charge is 0.126 e. The number of ether oxygens (including phenoxy) is 1. The molecule has 1 aliphatic heterocycles.